The Morgan fingerprint density at radius 1 is 0.848 bits per heavy atom. The summed E-state index contributed by atoms with van der Waals surface area (Å²) >= 11 is 12.2. The topological polar surface area (TPSA) is 88.7 Å². The first-order valence-electron chi connectivity index (χ1n) is 9.89. The molecule has 0 aromatic heterocycles. The van der Waals surface area contributed by atoms with Crippen molar-refractivity contribution in [1.82, 2.24) is 0 Å². The number of halogens is 3. The molecule has 170 valence electrons. The second kappa shape index (κ2) is 9.97. The van der Waals surface area contributed by atoms with Gasteiger partial charge < -0.3 is 25.4 Å². The number of hydrogen-bond donors (Lipinski definition) is 3. The molecular weight excluding hydrogens is 472 g/mol. The number of amides is 2. The second-order valence-corrected chi connectivity index (χ2v) is 7.82. The molecule has 0 radical (unpaired) electrons. The Bertz CT molecular complexity index is 1220. The zero-order valence-corrected chi connectivity index (χ0v) is 18.6. The summed E-state index contributed by atoms with van der Waals surface area (Å²) in [5.74, 6) is -0.351. The molecule has 1 aliphatic heterocycles. The van der Waals surface area contributed by atoms with E-state index in [9.17, 15) is 14.0 Å². The van der Waals surface area contributed by atoms with Crippen molar-refractivity contribution in [2.75, 3.05) is 35.7 Å². The highest BCUT2D eigenvalue weighted by Gasteiger charge is 2.17. The third-order valence-corrected chi connectivity index (χ3v) is 5.32. The smallest absolute Gasteiger partial charge is 0.257 e. The molecule has 1 heterocycles. The molecule has 0 atom stereocenters. The lowest BCUT2D eigenvalue weighted by atomic mass is 10.1. The van der Waals surface area contributed by atoms with Crippen LogP contribution in [-0.4, -0.2) is 31.6 Å². The van der Waals surface area contributed by atoms with Gasteiger partial charge in [0.15, 0.2) is 11.5 Å². The summed E-state index contributed by atoms with van der Waals surface area (Å²) in [7, 11) is 0. The zero-order valence-electron chi connectivity index (χ0n) is 17.1. The van der Waals surface area contributed by atoms with Crippen molar-refractivity contribution >= 4 is 52.1 Å². The quantitative estimate of drug-likeness (QED) is 0.442. The minimum atomic E-state index is -0.510. The summed E-state index contributed by atoms with van der Waals surface area (Å²) in [5, 5.41) is 8.67. The number of para-hydroxylation sites is 1. The van der Waals surface area contributed by atoms with E-state index in [4.69, 9.17) is 32.7 Å². The highest BCUT2D eigenvalue weighted by Crippen LogP contribution is 2.38. The monoisotopic (exact) mass is 489 g/mol. The fourth-order valence-electron chi connectivity index (χ4n) is 3.15. The van der Waals surface area contributed by atoms with Crippen LogP contribution < -0.4 is 25.4 Å². The SMILES string of the molecule is O=C(CNc1ccccc1C(=O)Nc1ccc(F)cc1Cl)Nc1cc2c(cc1Cl)OCCO2. The Morgan fingerprint density at radius 2 is 1.55 bits per heavy atom. The summed E-state index contributed by atoms with van der Waals surface area (Å²) in [4.78, 5) is 25.2. The van der Waals surface area contributed by atoms with Gasteiger partial charge in [-0.15, -0.1) is 0 Å². The van der Waals surface area contributed by atoms with Crippen LogP contribution >= 0.6 is 23.2 Å². The Hall–Kier alpha value is -3.49. The van der Waals surface area contributed by atoms with Crippen LogP contribution in [0.15, 0.2) is 54.6 Å². The number of benzene rings is 3. The van der Waals surface area contributed by atoms with Crippen LogP contribution in [0.25, 0.3) is 0 Å². The van der Waals surface area contributed by atoms with Gasteiger partial charge in [-0.3, -0.25) is 9.59 Å². The first-order valence-corrected chi connectivity index (χ1v) is 10.6. The first-order chi connectivity index (χ1) is 15.9. The second-order valence-electron chi connectivity index (χ2n) is 7.00. The first kappa shape index (κ1) is 22.7. The Labute approximate surface area is 198 Å². The minimum absolute atomic E-state index is 0.0736. The van der Waals surface area contributed by atoms with E-state index in [2.05, 4.69) is 16.0 Å². The number of nitrogens with one attached hydrogen (secondary N) is 3. The van der Waals surface area contributed by atoms with Crippen LogP contribution in [0.3, 0.4) is 0 Å². The molecule has 4 rings (SSSR count). The molecule has 7 nitrogen and oxygen atoms in total. The number of anilines is 3. The van der Waals surface area contributed by atoms with Crippen molar-refractivity contribution in [2.24, 2.45) is 0 Å². The standard InChI is InChI=1S/C23H18Cl2FN3O4/c24-15-9-13(26)5-6-18(15)29-23(31)14-3-1-2-4-17(14)27-12-22(30)28-19-11-21-20(10-16(19)25)32-7-8-33-21/h1-6,9-11,27H,7-8,12H2,(H,28,30)(H,29,31). The van der Waals surface area contributed by atoms with Crippen molar-refractivity contribution in [3.63, 3.8) is 0 Å². The van der Waals surface area contributed by atoms with Crippen molar-refractivity contribution < 1.29 is 23.5 Å². The normalized spacial score (nSPS) is 12.1. The molecule has 3 N–H and O–H groups in total. The number of carbonyl (C=O) groups is 2. The fourth-order valence-corrected chi connectivity index (χ4v) is 3.56. The van der Waals surface area contributed by atoms with Crippen LogP contribution in [0, 0.1) is 5.82 Å². The maximum Gasteiger partial charge on any atom is 0.257 e. The molecule has 0 saturated carbocycles. The molecule has 0 bridgehead atoms. The maximum atomic E-state index is 13.2. The van der Waals surface area contributed by atoms with Gasteiger partial charge in [-0.2, -0.15) is 0 Å². The van der Waals surface area contributed by atoms with Gasteiger partial charge >= 0.3 is 0 Å². The van der Waals surface area contributed by atoms with E-state index in [-0.39, 0.29) is 28.7 Å². The average Bonchev–Trinajstić information content (AvgIpc) is 2.80. The number of hydrogen-bond acceptors (Lipinski definition) is 5. The van der Waals surface area contributed by atoms with Gasteiger partial charge in [0.05, 0.1) is 33.5 Å². The Kier molecular flexibility index (Phi) is 6.86. The van der Waals surface area contributed by atoms with Gasteiger partial charge in [0.1, 0.15) is 19.0 Å². The Morgan fingerprint density at radius 3 is 2.30 bits per heavy atom. The third kappa shape index (κ3) is 5.47. The molecule has 0 fully saturated rings. The number of carbonyl (C=O) groups excluding carboxylic acids is 2. The van der Waals surface area contributed by atoms with Gasteiger partial charge in [0, 0.05) is 17.8 Å². The molecule has 0 saturated heterocycles. The van der Waals surface area contributed by atoms with E-state index < -0.39 is 11.7 Å². The van der Waals surface area contributed by atoms with Crippen LogP contribution in [0.4, 0.5) is 21.5 Å². The zero-order chi connectivity index (χ0) is 23.4. The van der Waals surface area contributed by atoms with Crippen LogP contribution in [0.5, 0.6) is 11.5 Å². The lowest BCUT2D eigenvalue weighted by Gasteiger charge is -2.20. The summed E-state index contributed by atoms with van der Waals surface area (Å²) in [6.07, 6.45) is 0. The molecule has 2 amide bonds. The van der Waals surface area contributed by atoms with Crippen molar-refractivity contribution in [3.8, 4) is 11.5 Å². The molecule has 0 spiro atoms. The Balaban J connectivity index is 1.42. The highest BCUT2D eigenvalue weighted by molar-refractivity contribution is 6.34. The van der Waals surface area contributed by atoms with E-state index in [1.165, 1.54) is 12.1 Å². The number of ether oxygens (including phenoxy) is 2. The molecule has 10 heteroatoms. The van der Waals surface area contributed by atoms with Gasteiger partial charge in [-0.25, -0.2) is 4.39 Å². The fraction of sp³-hybridized carbons (Fsp3) is 0.130. The predicted octanol–water partition coefficient (Wildman–Crippen LogP) is 5.21. The molecule has 3 aromatic carbocycles. The molecule has 3 aromatic rings. The summed E-state index contributed by atoms with van der Waals surface area (Å²) in [5.41, 5.74) is 1.35. The number of rotatable bonds is 6. The van der Waals surface area contributed by atoms with Crippen LogP contribution in [-0.2, 0) is 4.79 Å². The molecular formula is C23H18Cl2FN3O4. The molecule has 0 aliphatic carbocycles. The molecule has 33 heavy (non-hydrogen) atoms. The summed E-state index contributed by atoms with van der Waals surface area (Å²) in [6.45, 7) is 0.706. The van der Waals surface area contributed by atoms with Gasteiger partial charge in [0.2, 0.25) is 5.91 Å². The summed E-state index contributed by atoms with van der Waals surface area (Å²) < 4.78 is 24.2. The highest BCUT2D eigenvalue weighted by atomic mass is 35.5. The maximum absolute atomic E-state index is 13.2. The van der Waals surface area contributed by atoms with E-state index in [1.54, 1.807) is 36.4 Å². The van der Waals surface area contributed by atoms with Crippen LogP contribution in [0.1, 0.15) is 10.4 Å². The van der Waals surface area contributed by atoms with Crippen molar-refractivity contribution in [1.29, 1.82) is 0 Å². The van der Waals surface area contributed by atoms with E-state index in [1.807, 2.05) is 0 Å². The van der Waals surface area contributed by atoms with Crippen molar-refractivity contribution in [2.45, 2.75) is 0 Å². The van der Waals surface area contributed by atoms with Crippen molar-refractivity contribution in [3.05, 3.63) is 76.0 Å². The molecule has 0 unspecified atom stereocenters. The summed E-state index contributed by atoms with van der Waals surface area (Å²) in [6, 6.07) is 13.5. The van der Waals surface area contributed by atoms with Gasteiger partial charge in [-0.05, 0) is 30.3 Å². The van der Waals surface area contributed by atoms with E-state index in [0.29, 0.717) is 41.1 Å². The van der Waals surface area contributed by atoms with Gasteiger partial charge in [0.25, 0.3) is 5.91 Å². The largest absolute Gasteiger partial charge is 0.486 e. The van der Waals surface area contributed by atoms with E-state index in [0.717, 1.165) is 6.07 Å². The van der Waals surface area contributed by atoms with E-state index >= 15 is 0 Å². The van der Waals surface area contributed by atoms with Crippen LogP contribution in [0.2, 0.25) is 10.0 Å². The van der Waals surface area contributed by atoms with Gasteiger partial charge in [-0.1, -0.05) is 35.3 Å². The number of fused-ring (bicyclic) bond motifs is 1. The average molecular weight is 490 g/mol. The lowest BCUT2D eigenvalue weighted by Crippen LogP contribution is -2.24. The minimum Gasteiger partial charge on any atom is -0.486 e. The predicted molar refractivity (Wildman–Crippen MR) is 125 cm³/mol. The lowest BCUT2D eigenvalue weighted by molar-refractivity contribution is -0.114. The molecule has 1 aliphatic rings. The third-order valence-electron chi connectivity index (χ3n) is 4.70.